The molecule has 1 aromatic carbocycles. The zero-order valence-corrected chi connectivity index (χ0v) is 10.7. The monoisotopic (exact) mass is 248 g/mol. The number of hydrogen-bond acceptors (Lipinski definition) is 3. The zero-order valence-electron chi connectivity index (χ0n) is 10.7. The van der Waals surface area contributed by atoms with Gasteiger partial charge in [-0.25, -0.2) is 0 Å². The van der Waals surface area contributed by atoms with Gasteiger partial charge in [0.2, 0.25) is 0 Å². The molecule has 0 unspecified atom stereocenters. The largest absolute Gasteiger partial charge is 0.398 e. The van der Waals surface area contributed by atoms with E-state index >= 15 is 0 Å². The maximum atomic E-state index is 12.1. The van der Waals surface area contributed by atoms with Gasteiger partial charge in [-0.05, 0) is 43.4 Å². The Morgan fingerprint density at radius 2 is 2.17 bits per heavy atom. The summed E-state index contributed by atoms with van der Waals surface area (Å²) in [4.78, 5) is 12.1. The number of benzene rings is 1. The molecule has 1 saturated heterocycles. The second-order valence-corrected chi connectivity index (χ2v) is 4.79. The molecule has 0 aromatic heterocycles. The van der Waals surface area contributed by atoms with Gasteiger partial charge in [-0.2, -0.15) is 0 Å². The minimum absolute atomic E-state index is 0.0358. The maximum absolute atomic E-state index is 12.1. The number of nitrogen functional groups attached to an aromatic ring is 1. The Morgan fingerprint density at radius 1 is 1.44 bits per heavy atom. The second-order valence-electron chi connectivity index (χ2n) is 4.79. The van der Waals surface area contributed by atoms with E-state index in [4.69, 9.17) is 10.5 Å². The van der Waals surface area contributed by atoms with Crippen molar-refractivity contribution in [2.24, 2.45) is 5.92 Å². The van der Waals surface area contributed by atoms with E-state index in [1.54, 1.807) is 0 Å². The first-order valence-electron chi connectivity index (χ1n) is 6.39. The number of ether oxygens (including phenoxy) is 1. The van der Waals surface area contributed by atoms with Crippen LogP contribution in [0.5, 0.6) is 0 Å². The van der Waals surface area contributed by atoms with Crippen LogP contribution < -0.4 is 11.1 Å². The molecule has 1 aromatic rings. The number of carbonyl (C=O) groups is 1. The average Bonchev–Trinajstić information content (AvgIpc) is 2.40. The summed E-state index contributed by atoms with van der Waals surface area (Å²) in [6.45, 7) is 4.20. The van der Waals surface area contributed by atoms with Gasteiger partial charge in [0, 0.05) is 31.0 Å². The molecule has 0 bridgehead atoms. The minimum Gasteiger partial charge on any atom is -0.398 e. The molecule has 0 atom stereocenters. The van der Waals surface area contributed by atoms with Crippen molar-refractivity contribution in [2.45, 2.75) is 19.8 Å². The highest BCUT2D eigenvalue weighted by molar-refractivity contribution is 5.96. The van der Waals surface area contributed by atoms with E-state index in [0.717, 1.165) is 38.2 Å². The van der Waals surface area contributed by atoms with Gasteiger partial charge in [0.25, 0.3) is 5.91 Å². The summed E-state index contributed by atoms with van der Waals surface area (Å²) < 4.78 is 5.30. The lowest BCUT2D eigenvalue weighted by atomic mass is 10.00. The Hall–Kier alpha value is -1.55. The molecule has 0 aliphatic carbocycles. The highest BCUT2D eigenvalue weighted by Crippen LogP contribution is 2.16. The van der Waals surface area contributed by atoms with Gasteiger partial charge in [0.1, 0.15) is 0 Å². The molecule has 3 N–H and O–H groups in total. The smallest absolute Gasteiger partial charge is 0.251 e. The van der Waals surface area contributed by atoms with Crippen LogP contribution in [0.25, 0.3) is 0 Å². The van der Waals surface area contributed by atoms with Crippen LogP contribution in [0.4, 0.5) is 5.69 Å². The first-order chi connectivity index (χ1) is 8.68. The summed E-state index contributed by atoms with van der Waals surface area (Å²) in [5, 5.41) is 2.99. The number of anilines is 1. The lowest BCUT2D eigenvalue weighted by Gasteiger charge is -2.22. The van der Waals surface area contributed by atoms with Gasteiger partial charge < -0.3 is 15.8 Å². The second kappa shape index (κ2) is 5.87. The molecule has 1 fully saturated rings. The lowest BCUT2D eigenvalue weighted by molar-refractivity contribution is 0.0642. The highest BCUT2D eigenvalue weighted by Gasteiger charge is 2.16. The summed E-state index contributed by atoms with van der Waals surface area (Å²) >= 11 is 0. The molecule has 0 radical (unpaired) electrons. The van der Waals surface area contributed by atoms with Gasteiger partial charge in [-0.15, -0.1) is 0 Å². The zero-order chi connectivity index (χ0) is 13.0. The molecule has 1 aliphatic rings. The number of carbonyl (C=O) groups excluding carboxylic acids is 1. The fraction of sp³-hybridized carbons (Fsp3) is 0.500. The van der Waals surface area contributed by atoms with Gasteiger partial charge in [0.15, 0.2) is 0 Å². The van der Waals surface area contributed by atoms with Crippen LogP contribution in [0.1, 0.15) is 28.8 Å². The summed E-state index contributed by atoms with van der Waals surface area (Å²) in [6, 6.07) is 5.43. The minimum atomic E-state index is -0.0358. The quantitative estimate of drug-likeness (QED) is 0.801. The van der Waals surface area contributed by atoms with E-state index in [-0.39, 0.29) is 5.91 Å². The van der Waals surface area contributed by atoms with Crippen LogP contribution >= 0.6 is 0 Å². The third-order valence-electron chi connectivity index (χ3n) is 3.51. The molecular weight excluding hydrogens is 228 g/mol. The van der Waals surface area contributed by atoms with Gasteiger partial charge in [-0.3, -0.25) is 4.79 Å². The molecule has 1 aliphatic heterocycles. The standard InChI is InChI=1S/C14H20N2O2/c1-10-12(3-2-4-13(10)15)14(17)16-9-11-5-7-18-8-6-11/h2-4,11H,5-9,15H2,1H3,(H,16,17). The molecule has 1 heterocycles. The highest BCUT2D eigenvalue weighted by atomic mass is 16.5. The Morgan fingerprint density at radius 3 is 2.89 bits per heavy atom. The van der Waals surface area contributed by atoms with Crippen molar-refractivity contribution in [3.05, 3.63) is 29.3 Å². The van der Waals surface area contributed by atoms with Crippen molar-refractivity contribution in [3.63, 3.8) is 0 Å². The molecule has 98 valence electrons. The molecule has 18 heavy (non-hydrogen) atoms. The maximum Gasteiger partial charge on any atom is 0.251 e. The lowest BCUT2D eigenvalue weighted by Crippen LogP contribution is -2.32. The molecular formula is C14H20N2O2. The van der Waals surface area contributed by atoms with Crippen molar-refractivity contribution < 1.29 is 9.53 Å². The van der Waals surface area contributed by atoms with Crippen molar-refractivity contribution in [2.75, 3.05) is 25.5 Å². The first kappa shape index (κ1) is 12.9. The summed E-state index contributed by atoms with van der Waals surface area (Å²) in [5.41, 5.74) is 7.98. The number of amides is 1. The summed E-state index contributed by atoms with van der Waals surface area (Å²) in [5.74, 6) is 0.496. The van der Waals surface area contributed by atoms with Crippen molar-refractivity contribution in [3.8, 4) is 0 Å². The number of hydrogen-bond donors (Lipinski definition) is 2. The van der Waals surface area contributed by atoms with Crippen LogP contribution in [-0.4, -0.2) is 25.7 Å². The molecule has 4 nitrogen and oxygen atoms in total. The Kier molecular flexibility index (Phi) is 4.20. The van der Waals surface area contributed by atoms with Crippen LogP contribution in [0, 0.1) is 12.8 Å². The van der Waals surface area contributed by atoms with E-state index in [1.165, 1.54) is 0 Å². The Labute approximate surface area is 108 Å². The van der Waals surface area contributed by atoms with Gasteiger partial charge >= 0.3 is 0 Å². The van der Waals surface area contributed by atoms with Crippen molar-refractivity contribution in [1.82, 2.24) is 5.32 Å². The fourth-order valence-electron chi connectivity index (χ4n) is 2.18. The van der Waals surface area contributed by atoms with E-state index in [0.29, 0.717) is 17.2 Å². The van der Waals surface area contributed by atoms with Crippen LogP contribution in [0.15, 0.2) is 18.2 Å². The van der Waals surface area contributed by atoms with E-state index in [1.807, 2.05) is 25.1 Å². The normalized spacial score (nSPS) is 16.5. The van der Waals surface area contributed by atoms with Crippen LogP contribution in [0.2, 0.25) is 0 Å². The number of rotatable bonds is 3. The Bertz CT molecular complexity index is 426. The molecule has 0 spiro atoms. The van der Waals surface area contributed by atoms with Gasteiger partial charge in [-0.1, -0.05) is 6.07 Å². The third-order valence-corrected chi connectivity index (χ3v) is 3.51. The van der Waals surface area contributed by atoms with E-state index < -0.39 is 0 Å². The molecule has 2 rings (SSSR count). The van der Waals surface area contributed by atoms with E-state index in [2.05, 4.69) is 5.32 Å². The predicted molar refractivity (Wildman–Crippen MR) is 71.5 cm³/mol. The van der Waals surface area contributed by atoms with Crippen molar-refractivity contribution >= 4 is 11.6 Å². The Balaban J connectivity index is 1.93. The first-order valence-corrected chi connectivity index (χ1v) is 6.39. The average molecular weight is 248 g/mol. The molecule has 4 heteroatoms. The third kappa shape index (κ3) is 3.01. The fourth-order valence-corrected chi connectivity index (χ4v) is 2.18. The molecule has 1 amide bonds. The summed E-state index contributed by atoms with van der Waals surface area (Å²) in [7, 11) is 0. The number of nitrogens with two attached hydrogens (primary N) is 1. The molecule has 0 saturated carbocycles. The predicted octanol–water partition coefficient (Wildman–Crippen LogP) is 1.73. The summed E-state index contributed by atoms with van der Waals surface area (Å²) in [6.07, 6.45) is 2.05. The van der Waals surface area contributed by atoms with Crippen molar-refractivity contribution in [1.29, 1.82) is 0 Å². The topological polar surface area (TPSA) is 64.4 Å². The van der Waals surface area contributed by atoms with E-state index in [9.17, 15) is 4.79 Å². The van der Waals surface area contributed by atoms with Gasteiger partial charge in [0.05, 0.1) is 0 Å². The van der Waals surface area contributed by atoms with Crippen LogP contribution in [-0.2, 0) is 4.74 Å². The number of nitrogens with one attached hydrogen (secondary N) is 1. The van der Waals surface area contributed by atoms with Crippen LogP contribution in [0.3, 0.4) is 0 Å². The SMILES string of the molecule is Cc1c(N)cccc1C(=O)NCC1CCOCC1.